The Kier molecular flexibility index (Phi) is 6.42. The lowest BCUT2D eigenvalue weighted by Crippen LogP contribution is -2.56. The van der Waals surface area contributed by atoms with Crippen molar-refractivity contribution in [1.29, 1.82) is 0 Å². The van der Waals surface area contributed by atoms with Crippen LogP contribution in [0.1, 0.15) is 54.4 Å². The molecule has 3 N–H and O–H groups in total. The lowest BCUT2D eigenvalue weighted by atomic mass is 9.68. The first-order valence-corrected chi connectivity index (χ1v) is 11.9. The fourth-order valence-corrected chi connectivity index (χ4v) is 4.47. The van der Waals surface area contributed by atoms with Crippen LogP contribution in [0.15, 0.2) is 42.9 Å². The van der Waals surface area contributed by atoms with Gasteiger partial charge >= 0.3 is 0 Å². The molecule has 1 amide bonds. The lowest BCUT2D eigenvalue weighted by Gasteiger charge is -2.45. The van der Waals surface area contributed by atoms with Crippen LogP contribution in [-0.2, 0) is 9.53 Å². The third-order valence-corrected chi connectivity index (χ3v) is 6.60. The first-order valence-electron chi connectivity index (χ1n) is 11.9. The highest BCUT2D eigenvalue weighted by Crippen LogP contribution is 2.47. The molecule has 4 heterocycles. The second-order valence-electron chi connectivity index (χ2n) is 9.37. The van der Waals surface area contributed by atoms with E-state index >= 15 is 0 Å². The summed E-state index contributed by atoms with van der Waals surface area (Å²) in [6.07, 6.45) is 5.01. The smallest absolute Gasteiger partial charge is 0.252 e. The van der Waals surface area contributed by atoms with Gasteiger partial charge in [0.15, 0.2) is 17.5 Å². The summed E-state index contributed by atoms with van der Waals surface area (Å²) in [5, 5.41) is 17.1. The summed E-state index contributed by atoms with van der Waals surface area (Å²) in [6.45, 7) is 5.70. The van der Waals surface area contributed by atoms with Gasteiger partial charge in [0.1, 0.15) is 5.60 Å². The van der Waals surface area contributed by atoms with Gasteiger partial charge < -0.3 is 15.4 Å². The van der Waals surface area contributed by atoms with E-state index in [1.165, 1.54) is 10.9 Å². The fourth-order valence-electron chi connectivity index (χ4n) is 4.47. The Labute approximate surface area is 212 Å². The van der Waals surface area contributed by atoms with Gasteiger partial charge in [0.25, 0.3) is 5.91 Å². The summed E-state index contributed by atoms with van der Waals surface area (Å²) in [5.41, 5.74) is 2.47. The van der Waals surface area contributed by atoms with Gasteiger partial charge in [0.2, 0.25) is 5.95 Å². The highest BCUT2D eigenvalue weighted by Gasteiger charge is 2.52. The number of hydrogen-bond donors (Lipinski definition) is 3. The van der Waals surface area contributed by atoms with E-state index in [1.54, 1.807) is 19.4 Å². The van der Waals surface area contributed by atoms with Gasteiger partial charge in [0.05, 0.1) is 18.4 Å². The van der Waals surface area contributed by atoms with Crippen molar-refractivity contribution in [3.05, 3.63) is 71.3 Å². The standard InChI is InChI=1S/C25H28FN9O2/c1-14-7-20(31-24(29-14)32-21-8-15(2)33-34-21)18-9-25(10-18,37-4)23(36)30-16(3)17-5-6-22(27-11-17)35-13-19(26)12-28-35/h5-8,11-13,16,18H,9-10H2,1-4H3,(H,30,36)(H2,29,31,32,33,34)/t16-,18?,25?/m0/s1. The van der Waals surface area contributed by atoms with Crippen molar-refractivity contribution in [3.63, 3.8) is 0 Å². The number of nitrogens with one attached hydrogen (secondary N) is 3. The molecule has 12 heteroatoms. The second kappa shape index (κ2) is 9.69. The van der Waals surface area contributed by atoms with Crippen LogP contribution in [0.2, 0.25) is 0 Å². The molecule has 1 aliphatic rings. The number of rotatable bonds is 8. The number of anilines is 2. The van der Waals surface area contributed by atoms with Gasteiger partial charge in [-0.3, -0.25) is 9.89 Å². The van der Waals surface area contributed by atoms with Gasteiger partial charge in [-0.1, -0.05) is 6.07 Å². The van der Waals surface area contributed by atoms with E-state index in [4.69, 9.17) is 4.74 Å². The third-order valence-electron chi connectivity index (χ3n) is 6.60. The molecule has 1 atom stereocenters. The molecule has 11 nitrogen and oxygen atoms in total. The van der Waals surface area contributed by atoms with Crippen LogP contribution in [-0.4, -0.2) is 53.5 Å². The molecule has 37 heavy (non-hydrogen) atoms. The van der Waals surface area contributed by atoms with E-state index in [2.05, 4.69) is 40.9 Å². The number of carbonyl (C=O) groups is 1. The molecule has 1 fully saturated rings. The molecule has 192 valence electrons. The number of pyridine rings is 1. The van der Waals surface area contributed by atoms with Crippen LogP contribution < -0.4 is 10.6 Å². The molecule has 1 saturated carbocycles. The number of halogens is 1. The van der Waals surface area contributed by atoms with E-state index in [0.717, 1.165) is 28.8 Å². The normalized spacial score (nSPS) is 19.8. The summed E-state index contributed by atoms with van der Waals surface area (Å²) < 4.78 is 20.3. The van der Waals surface area contributed by atoms with Crippen LogP contribution in [0.5, 0.6) is 0 Å². The monoisotopic (exact) mass is 505 g/mol. The van der Waals surface area contributed by atoms with Gasteiger partial charge in [0, 0.05) is 42.4 Å². The quantitative estimate of drug-likeness (QED) is 0.331. The molecule has 0 saturated heterocycles. The van der Waals surface area contributed by atoms with Crippen LogP contribution >= 0.6 is 0 Å². The predicted molar refractivity (Wildman–Crippen MR) is 133 cm³/mol. The summed E-state index contributed by atoms with van der Waals surface area (Å²) in [6, 6.07) is 7.06. The van der Waals surface area contributed by atoms with E-state index < -0.39 is 11.4 Å². The van der Waals surface area contributed by atoms with Crippen molar-refractivity contribution in [3.8, 4) is 5.82 Å². The van der Waals surface area contributed by atoms with Crippen molar-refractivity contribution >= 4 is 17.7 Å². The number of amides is 1. The topological polar surface area (TPSA) is 136 Å². The number of carbonyl (C=O) groups excluding carboxylic acids is 1. The molecular weight excluding hydrogens is 477 g/mol. The van der Waals surface area contributed by atoms with Crippen molar-refractivity contribution in [1.82, 2.24) is 40.2 Å². The Morgan fingerprint density at radius 1 is 1.24 bits per heavy atom. The number of hydrogen-bond acceptors (Lipinski definition) is 8. The SMILES string of the molecule is COC1(C(=O)N[C@@H](C)c2ccc(-n3cc(F)cn3)nc2)CC(c2cc(C)nc(Nc3cc(C)[nH]n3)n2)C1. The molecule has 1 aliphatic carbocycles. The molecule has 0 radical (unpaired) electrons. The molecular formula is C25H28FN9O2. The van der Waals surface area contributed by atoms with Crippen molar-refractivity contribution in [2.45, 2.75) is 51.2 Å². The Hall–Kier alpha value is -4.19. The van der Waals surface area contributed by atoms with Crippen molar-refractivity contribution in [2.24, 2.45) is 0 Å². The number of aromatic amines is 1. The number of nitrogens with zero attached hydrogens (tertiary/aromatic N) is 6. The Morgan fingerprint density at radius 2 is 2.05 bits per heavy atom. The molecule has 0 bridgehead atoms. The minimum atomic E-state index is -0.940. The molecule has 0 aliphatic heterocycles. The molecule has 0 spiro atoms. The lowest BCUT2D eigenvalue weighted by molar-refractivity contribution is -0.158. The zero-order valence-corrected chi connectivity index (χ0v) is 21.0. The second-order valence-corrected chi connectivity index (χ2v) is 9.37. The first kappa shape index (κ1) is 24.5. The summed E-state index contributed by atoms with van der Waals surface area (Å²) in [4.78, 5) is 26.7. The van der Waals surface area contributed by atoms with Crippen molar-refractivity contribution < 1.29 is 13.9 Å². The minimum Gasteiger partial charge on any atom is -0.368 e. The summed E-state index contributed by atoms with van der Waals surface area (Å²) >= 11 is 0. The highest BCUT2D eigenvalue weighted by molar-refractivity contribution is 5.87. The molecule has 0 unspecified atom stereocenters. The van der Waals surface area contributed by atoms with Crippen LogP contribution in [0, 0.1) is 19.7 Å². The minimum absolute atomic E-state index is 0.0552. The van der Waals surface area contributed by atoms with E-state index in [1.807, 2.05) is 39.0 Å². The van der Waals surface area contributed by atoms with E-state index in [-0.39, 0.29) is 17.9 Å². The third kappa shape index (κ3) is 5.05. The average Bonchev–Trinajstić information content (AvgIpc) is 3.46. The molecule has 5 rings (SSSR count). The van der Waals surface area contributed by atoms with E-state index in [9.17, 15) is 9.18 Å². The molecule has 4 aromatic rings. The number of methoxy groups -OCH3 is 1. The zero-order valence-electron chi connectivity index (χ0n) is 21.0. The van der Waals surface area contributed by atoms with Crippen LogP contribution in [0.4, 0.5) is 16.2 Å². The summed E-state index contributed by atoms with van der Waals surface area (Å²) in [5.74, 6) is 1.02. The maximum Gasteiger partial charge on any atom is 0.252 e. The number of aromatic nitrogens is 7. The van der Waals surface area contributed by atoms with Gasteiger partial charge in [-0.25, -0.2) is 24.0 Å². The van der Waals surface area contributed by atoms with Gasteiger partial charge in [-0.2, -0.15) is 10.2 Å². The summed E-state index contributed by atoms with van der Waals surface area (Å²) in [7, 11) is 1.55. The average molecular weight is 506 g/mol. The van der Waals surface area contributed by atoms with Gasteiger partial charge in [-0.05, 0) is 51.3 Å². The maximum atomic E-state index is 13.2. The van der Waals surface area contributed by atoms with Crippen molar-refractivity contribution in [2.75, 3.05) is 12.4 Å². The highest BCUT2D eigenvalue weighted by atomic mass is 19.1. The van der Waals surface area contributed by atoms with E-state index in [0.29, 0.717) is 30.4 Å². The number of ether oxygens (including phenoxy) is 1. The Balaban J connectivity index is 1.23. The predicted octanol–water partition coefficient (Wildman–Crippen LogP) is 3.42. The fraction of sp³-hybridized carbons (Fsp3) is 0.360. The van der Waals surface area contributed by atoms with Gasteiger partial charge in [-0.15, -0.1) is 0 Å². The first-order chi connectivity index (χ1) is 17.7. The zero-order chi connectivity index (χ0) is 26.2. The molecule has 4 aromatic heterocycles. The molecule has 0 aromatic carbocycles. The van der Waals surface area contributed by atoms with Crippen LogP contribution in [0.25, 0.3) is 5.82 Å². The number of H-pyrrole nitrogens is 1. The maximum absolute atomic E-state index is 13.2. The van der Waals surface area contributed by atoms with Crippen LogP contribution in [0.3, 0.4) is 0 Å². The Bertz CT molecular complexity index is 1410. The largest absolute Gasteiger partial charge is 0.368 e. The Morgan fingerprint density at radius 3 is 2.68 bits per heavy atom. The number of aryl methyl sites for hydroxylation is 2.